The van der Waals surface area contributed by atoms with Crippen LogP contribution >= 0.6 is 0 Å². The number of piperidine rings is 1. The van der Waals surface area contributed by atoms with Gasteiger partial charge in [0.1, 0.15) is 11.8 Å². The molecule has 5 nitrogen and oxygen atoms in total. The summed E-state index contributed by atoms with van der Waals surface area (Å²) in [5.41, 5.74) is 0.968. The fourth-order valence-electron chi connectivity index (χ4n) is 2.97. The van der Waals surface area contributed by atoms with Gasteiger partial charge in [0.05, 0.1) is 7.11 Å². The molecule has 1 aromatic rings. The number of carboxylic acid groups (broad SMARTS) is 1. The molecule has 120 valence electrons. The zero-order valence-corrected chi connectivity index (χ0v) is 13.1. The van der Waals surface area contributed by atoms with E-state index in [1.165, 1.54) is 4.90 Å². The van der Waals surface area contributed by atoms with E-state index in [2.05, 4.69) is 0 Å². The summed E-state index contributed by atoms with van der Waals surface area (Å²) in [5, 5.41) is 9.33. The Kier molecular flexibility index (Phi) is 5.41. The molecular weight excluding hydrogens is 282 g/mol. The van der Waals surface area contributed by atoms with E-state index in [0.717, 1.165) is 17.7 Å². The first-order valence-corrected chi connectivity index (χ1v) is 7.67. The summed E-state index contributed by atoms with van der Waals surface area (Å²) in [5.74, 6) is 0.110. The molecule has 0 radical (unpaired) electrons. The van der Waals surface area contributed by atoms with Crippen molar-refractivity contribution in [2.45, 2.75) is 38.6 Å². The number of hydrogen-bond acceptors (Lipinski definition) is 3. The van der Waals surface area contributed by atoms with Crippen LogP contribution in [0.2, 0.25) is 0 Å². The van der Waals surface area contributed by atoms with Crippen LogP contribution in [0, 0.1) is 5.92 Å². The highest BCUT2D eigenvalue weighted by molar-refractivity contribution is 5.84. The van der Waals surface area contributed by atoms with Gasteiger partial charge in [0.15, 0.2) is 0 Å². The topological polar surface area (TPSA) is 66.8 Å². The van der Waals surface area contributed by atoms with Gasteiger partial charge in [-0.15, -0.1) is 0 Å². The molecule has 1 N–H and O–H groups in total. The van der Waals surface area contributed by atoms with E-state index in [4.69, 9.17) is 4.74 Å². The molecule has 0 spiro atoms. The van der Waals surface area contributed by atoms with Crippen LogP contribution in [0.5, 0.6) is 5.75 Å². The number of benzene rings is 1. The second-order valence-corrected chi connectivity index (χ2v) is 5.88. The summed E-state index contributed by atoms with van der Waals surface area (Å²) in [6.07, 6.45) is 2.26. The molecule has 0 aliphatic carbocycles. The first-order valence-electron chi connectivity index (χ1n) is 7.67. The molecule has 1 amide bonds. The Morgan fingerprint density at radius 3 is 2.77 bits per heavy atom. The number of amides is 1. The number of methoxy groups -OCH3 is 1. The van der Waals surface area contributed by atoms with Crippen molar-refractivity contribution < 1.29 is 19.4 Å². The Labute approximate surface area is 130 Å². The van der Waals surface area contributed by atoms with Crippen LogP contribution in [0.4, 0.5) is 0 Å². The minimum Gasteiger partial charge on any atom is -0.496 e. The Morgan fingerprint density at radius 2 is 2.09 bits per heavy atom. The number of aryl methyl sites for hydroxylation is 1. The summed E-state index contributed by atoms with van der Waals surface area (Å²) in [6, 6.07) is 6.90. The second kappa shape index (κ2) is 7.29. The van der Waals surface area contributed by atoms with Crippen LogP contribution < -0.4 is 4.74 Å². The van der Waals surface area contributed by atoms with Gasteiger partial charge in [0.25, 0.3) is 0 Å². The van der Waals surface area contributed by atoms with Crippen LogP contribution in [-0.4, -0.2) is 41.6 Å². The lowest BCUT2D eigenvalue weighted by molar-refractivity contribution is -0.153. The Bertz CT molecular complexity index is 543. The number of carboxylic acids is 1. The van der Waals surface area contributed by atoms with E-state index in [1.54, 1.807) is 7.11 Å². The van der Waals surface area contributed by atoms with Crippen molar-refractivity contribution in [3.63, 3.8) is 0 Å². The van der Waals surface area contributed by atoms with Crippen LogP contribution in [0.25, 0.3) is 0 Å². The van der Waals surface area contributed by atoms with Gasteiger partial charge >= 0.3 is 5.97 Å². The molecule has 1 aliphatic heterocycles. The number of carbonyl (C=O) groups excluding carboxylic acids is 1. The number of likely N-dealkylation sites (tertiary alicyclic amines) is 1. The second-order valence-electron chi connectivity index (χ2n) is 5.88. The molecule has 0 aromatic heterocycles. The van der Waals surface area contributed by atoms with Crippen LogP contribution in [0.3, 0.4) is 0 Å². The average Bonchev–Trinajstić information content (AvgIpc) is 2.52. The van der Waals surface area contributed by atoms with Crippen molar-refractivity contribution in [3.8, 4) is 5.75 Å². The van der Waals surface area contributed by atoms with Crippen LogP contribution in [0.1, 0.15) is 31.7 Å². The molecule has 0 bridgehead atoms. The van der Waals surface area contributed by atoms with E-state index in [9.17, 15) is 14.7 Å². The monoisotopic (exact) mass is 305 g/mol. The van der Waals surface area contributed by atoms with E-state index in [0.29, 0.717) is 31.7 Å². The lowest BCUT2D eigenvalue weighted by Gasteiger charge is -2.36. The Balaban J connectivity index is 2.00. The first-order chi connectivity index (χ1) is 10.5. The molecular formula is C17H23NO4. The quantitative estimate of drug-likeness (QED) is 0.906. The molecule has 0 saturated carbocycles. The summed E-state index contributed by atoms with van der Waals surface area (Å²) >= 11 is 0. The van der Waals surface area contributed by atoms with E-state index >= 15 is 0 Å². The molecule has 1 aliphatic rings. The highest BCUT2D eigenvalue weighted by atomic mass is 16.5. The molecule has 1 aromatic carbocycles. The third-order valence-corrected chi connectivity index (χ3v) is 4.27. The SMILES string of the molecule is COc1ccccc1CCC(=O)N1CCC(C)CC1C(=O)O. The van der Waals surface area contributed by atoms with Gasteiger partial charge in [0.2, 0.25) is 5.91 Å². The molecule has 5 heteroatoms. The molecule has 1 heterocycles. The molecule has 1 saturated heterocycles. The van der Waals surface area contributed by atoms with Crippen molar-refractivity contribution in [3.05, 3.63) is 29.8 Å². The van der Waals surface area contributed by atoms with Crippen molar-refractivity contribution in [2.75, 3.05) is 13.7 Å². The molecule has 22 heavy (non-hydrogen) atoms. The Hall–Kier alpha value is -2.04. The standard InChI is InChI=1S/C17H23NO4/c1-12-9-10-18(14(11-12)17(20)21)16(19)8-7-13-5-3-4-6-15(13)22-2/h3-6,12,14H,7-11H2,1-2H3,(H,20,21). The van der Waals surface area contributed by atoms with Gasteiger partial charge in [-0.1, -0.05) is 25.1 Å². The molecule has 1 fully saturated rings. The minimum absolute atomic E-state index is 0.0924. The summed E-state index contributed by atoms with van der Waals surface area (Å²) in [6.45, 7) is 2.56. The van der Waals surface area contributed by atoms with Gasteiger partial charge in [-0.3, -0.25) is 4.79 Å². The van der Waals surface area contributed by atoms with Crippen molar-refractivity contribution >= 4 is 11.9 Å². The fourth-order valence-corrected chi connectivity index (χ4v) is 2.97. The van der Waals surface area contributed by atoms with E-state index in [1.807, 2.05) is 31.2 Å². The van der Waals surface area contributed by atoms with Gasteiger partial charge in [-0.25, -0.2) is 4.79 Å². The zero-order chi connectivity index (χ0) is 16.1. The summed E-state index contributed by atoms with van der Waals surface area (Å²) in [7, 11) is 1.60. The smallest absolute Gasteiger partial charge is 0.326 e. The third kappa shape index (κ3) is 3.78. The lowest BCUT2D eigenvalue weighted by atomic mass is 9.92. The maximum Gasteiger partial charge on any atom is 0.326 e. The summed E-state index contributed by atoms with van der Waals surface area (Å²) < 4.78 is 5.28. The normalized spacial score (nSPS) is 21.5. The predicted molar refractivity (Wildman–Crippen MR) is 82.8 cm³/mol. The Morgan fingerprint density at radius 1 is 1.36 bits per heavy atom. The highest BCUT2D eigenvalue weighted by Crippen LogP contribution is 2.25. The number of hydrogen-bond donors (Lipinski definition) is 1. The van der Waals surface area contributed by atoms with Gasteiger partial charge in [-0.2, -0.15) is 0 Å². The number of carbonyl (C=O) groups is 2. The number of nitrogens with zero attached hydrogens (tertiary/aromatic N) is 1. The number of aliphatic carboxylic acids is 1. The zero-order valence-electron chi connectivity index (χ0n) is 13.1. The fraction of sp³-hybridized carbons (Fsp3) is 0.529. The minimum atomic E-state index is -0.905. The molecule has 2 atom stereocenters. The molecule has 2 unspecified atom stereocenters. The lowest BCUT2D eigenvalue weighted by Crippen LogP contribution is -2.49. The maximum atomic E-state index is 12.4. The van der Waals surface area contributed by atoms with Gasteiger partial charge in [-0.05, 0) is 36.8 Å². The maximum absolute atomic E-state index is 12.4. The van der Waals surface area contributed by atoms with Crippen LogP contribution in [0.15, 0.2) is 24.3 Å². The predicted octanol–water partition coefficient (Wildman–Crippen LogP) is 2.34. The largest absolute Gasteiger partial charge is 0.496 e. The molecule has 2 rings (SSSR count). The first kappa shape index (κ1) is 16.3. The average molecular weight is 305 g/mol. The number of para-hydroxylation sites is 1. The van der Waals surface area contributed by atoms with Gasteiger partial charge in [0, 0.05) is 13.0 Å². The van der Waals surface area contributed by atoms with Crippen LogP contribution in [-0.2, 0) is 16.0 Å². The van der Waals surface area contributed by atoms with E-state index < -0.39 is 12.0 Å². The number of rotatable bonds is 5. The van der Waals surface area contributed by atoms with Crippen molar-refractivity contribution in [2.24, 2.45) is 5.92 Å². The van der Waals surface area contributed by atoms with Crippen molar-refractivity contribution in [1.29, 1.82) is 0 Å². The van der Waals surface area contributed by atoms with Gasteiger partial charge < -0.3 is 14.7 Å². The third-order valence-electron chi connectivity index (χ3n) is 4.27. The summed E-state index contributed by atoms with van der Waals surface area (Å²) in [4.78, 5) is 25.3. The van der Waals surface area contributed by atoms with Crippen molar-refractivity contribution in [1.82, 2.24) is 4.90 Å². The van der Waals surface area contributed by atoms with E-state index in [-0.39, 0.29) is 5.91 Å². The highest BCUT2D eigenvalue weighted by Gasteiger charge is 2.34. The number of ether oxygens (including phenoxy) is 1.